The number of ether oxygens (including phenoxy) is 1. The van der Waals surface area contributed by atoms with E-state index < -0.39 is 16.7 Å². The number of rotatable bonds is 10. The number of hydrogen-bond donors (Lipinski definition) is 1. The lowest BCUT2D eigenvalue weighted by Crippen LogP contribution is -2.40. The molecule has 0 bridgehead atoms. The predicted octanol–water partition coefficient (Wildman–Crippen LogP) is 5.14. The van der Waals surface area contributed by atoms with E-state index in [0.717, 1.165) is 22.9 Å². The second kappa shape index (κ2) is 12.3. The molecule has 11 heteroatoms. The molecule has 39 heavy (non-hydrogen) atoms. The molecule has 0 aliphatic heterocycles. The van der Waals surface area contributed by atoms with Crippen molar-refractivity contribution in [1.29, 1.82) is 0 Å². The minimum absolute atomic E-state index is 0.0437. The number of non-ortho nitro benzene ring substituents is 1. The van der Waals surface area contributed by atoms with Gasteiger partial charge in [-0.2, -0.15) is 5.10 Å². The fourth-order valence-electron chi connectivity index (χ4n) is 3.87. The van der Waals surface area contributed by atoms with Gasteiger partial charge in [-0.15, -0.1) is 0 Å². The molecule has 2 amide bonds. The molecular weight excluding hydrogens is 522 g/mol. The van der Waals surface area contributed by atoms with Gasteiger partial charge in [0.15, 0.2) is 0 Å². The maximum atomic E-state index is 13.3. The van der Waals surface area contributed by atoms with Gasteiger partial charge in [0.25, 0.3) is 11.6 Å². The fourth-order valence-corrected chi connectivity index (χ4v) is 4.13. The van der Waals surface area contributed by atoms with Crippen LogP contribution in [0, 0.1) is 17.0 Å². The zero-order valence-corrected chi connectivity index (χ0v) is 22.1. The van der Waals surface area contributed by atoms with E-state index in [1.807, 2.05) is 61.5 Å². The van der Waals surface area contributed by atoms with Crippen molar-refractivity contribution in [2.45, 2.75) is 6.92 Å². The van der Waals surface area contributed by atoms with Gasteiger partial charge in [0.05, 0.1) is 33.5 Å². The monoisotopic (exact) mass is 547 g/mol. The third kappa shape index (κ3) is 6.67. The first kappa shape index (κ1) is 27.5. The lowest BCUT2D eigenvalue weighted by atomic mass is 10.1. The Labute approximate surface area is 229 Å². The van der Waals surface area contributed by atoms with Crippen molar-refractivity contribution in [1.82, 2.24) is 14.7 Å². The van der Waals surface area contributed by atoms with Crippen molar-refractivity contribution in [3.63, 3.8) is 0 Å². The summed E-state index contributed by atoms with van der Waals surface area (Å²) in [5.41, 5.74) is 3.18. The normalized spacial score (nSPS) is 10.7. The number of nitro groups is 1. The molecule has 1 N–H and O–H groups in total. The van der Waals surface area contributed by atoms with Crippen molar-refractivity contribution in [3.8, 4) is 16.9 Å². The first-order chi connectivity index (χ1) is 18.8. The van der Waals surface area contributed by atoms with Crippen molar-refractivity contribution >= 4 is 34.9 Å². The van der Waals surface area contributed by atoms with Crippen molar-refractivity contribution in [3.05, 3.63) is 105 Å². The van der Waals surface area contributed by atoms with Crippen molar-refractivity contribution in [2.75, 3.05) is 32.1 Å². The second-order valence-electron chi connectivity index (χ2n) is 8.72. The number of hydrogen-bond acceptors (Lipinski definition) is 6. The number of halogens is 1. The largest absolute Gasteiger partial charge is 0.383 e. The highest BCUT2D eigenvalue weighted by Crippen LogP contribution is 2.26. The highest BCUT2D eigenvalue weighted by Gasteiger charge is 2.23. The molecule has 0 atom stereocenters. The summed E-state index contributed by atoms with van der Waals surface area (Å²) in [6.07, 6.45) is 0. The van der Waals surface area contributed by atoms with E-state index in [9.17, 15) is 19.7 Å². The summed E-state index contributed by atoms with van der Waals surface area (Å²) in [7, 11) is 1.48. The Morgan fingerprint density at radius 1 is 1.08 bits per heavy atom. The number of benzene rings is 3. The summed E-state index contributed by atoms with van der Waals surface area (Å²) in [5, 5.41) is 18.5. The average molecular weight is 548 g/mol. The Morgan fingerprint density at radius 2 is 1.79 bits per heavy atom. The Kier molecular flexibility index (Phi) is 8.70. The summed E-state index contributed by atoms with van der Waals surface area (Å²) < 4.78 is 6.75. The third-order valence-electron chi connectivity index (χ3n) is 5.91. The van der Waals surface area contributed by atoms with Crippen LogP contribution in [0.25, 0.3) is 16.9 Å². The molecule has 4 rings (SSSR count). The van der Waals surface area contributed by atoms with Crippen molar-refractivity contribution < 1.29 is 19.2 Å². The highest BCUT2D eigenvalue weighted by molar-refractivity contribution is 6.34. The lowest BCUT2D eigenvalue weighted by molar-refractivity contribution is -0.384. The van der Waals surface area contributed by atoms with Crippen LogP contribution in [0.5, 0.6) is 0 Å². The Hall–Kier alpha value is -4.54. The van der Waals surface area contributed by atoms with Crippen molar-refractivity contribution in [2.24, 2.45) is 0 Å². The van der Waals surface area contributed by atoms with E-state index in [4.69, 9.17) is 21.4 Å². The first-order valence-corrected chi connectivity index (χ1v) is 12.4. The lowest BCUT2D eigenvalue weighted by Gasteiger charge is -2.22. The van der Waals surface area contributed by atoms with Crippen LogP contribution < -0.4 is 5.32 Å². The summed E-state index contributed by atoms with van der Waals surface area (Å²) in [6, 6.07) is 22.6. The molecule has 1 aromatic heterocycles. The number of nitrogens with zero attached hydrogens (tertiary/aromatic N) is 4. The van der Waals surface area contributed by atoms with Gasteiger partial charge in [-0.25, -0.2) is 4.68 Å². The molecule has 0 unspecified atom stereocenters. The molecule has 0 aliphatic rings. The zero-order valence-electron chi connectivity index (χ0n) is 21.3. The maximum Gasteiger partial charge on any atom is 0.270 e. The van der Waals surface area contributed by atoms with E-state index in [0.29, 0.717) is 11.5 Å². The van der Waals surface area contributed by atoms with Gasteiger partial charge in [0.2, 0.25) is 5.91 Å². The quantitative estimate of drug-likeness (QED) is 0.217. The summed E-state index contributed by atoms with van der Waals surface area (Å²) in [4.78, 5) is 38.2. The number of nitrogens with one attached hydrogen (secondary N) is 1. The zero-order chi connectivity index (χ0) is 27.9. The molecule has 4 aromatic rings. The van der Waals surface area contributed by atoms with E-state index in [1.165, 1.54) is 24.1 Å². The standard InChI is InChI=1S/C28H26ClN5O5/c1-19-8-10-21(11-9-19)33-26(17-25(31-33)20-6-4-3-5-7-20)30-27(35)18-32(14-15-39-2)28(36)23-13-12-22(34(37)38)16-24(23)29/h3-13,16-17H,14-15,18H2,1-2H3,(H,30,35). The number of aromatic nitrogens is 2. The number of nitro benzene ring substituents is 1. The Morgan fingerprint density at radius 3 is 2.44 bits per heavy atom. The molecule has 1 heterocycles. The highest BCUT2D eigenvalue weighted by atomic mass is 35.5. The number of methoxy groups -OCH3 is 1. The van der Waals surface area contributed by atoms with Gasteiger partial charge in [0, 0.05) is 37.4 Å². The smallest absolute Gasteiger partial charge is 0.270 e. The number of carbonyl (C=O) groups is 2. The van der Waals surface area contributed by atoms with Gasteiger partial charge >= 0.3 is 0 Å². The number of aryl methyl sites for hydroxylation is 1. The molecule has 0 aliphatic carbocycles. The van der Waals surface area contributed by atoms with E-state index >= 15 is 0 Å². The second-order valence-corrected chi connectivity index (χ2v) is 9.12. The Balaban J connectivity index is 1.60. The summed E-state index contributed by atoms with van der Waals surface area (Å²) >= 11 is 6.18. The fraction of sp³-hybridized carbons (Fsp3) is 0.179. The molecule has 10 nitrogen and oxygen atoms in total. The molecule has 0 fully saturated rings. The molecule has 0 spiro atoms. The number of amides is 2. The summed E-state index contributed by atoms with van der Waals surface area (Å²) in [6.45, 7) is 1.94. The Bertz CT molecular complexity index is 1490. The molecule has 0 saturated carbocycles. The molecule has 0 saturated heterocycles. The van der Waals surface area contributed by atoms with Gasteiger partial charge in [-0.05, 0) is 25.1 Å². The molecular formula is C28H26ClN5O5. The number of anilines is 1. The van der Waals surface area contributed by atoms with Crippen LogP contribution in [-0.2, 0) is 9.53 Å². The van der Waals surface area contributed by atoms with Crippen LogP contribution in [0.1, 0.15) is 15.9 Å². The average Bonchev–Trinajstić information content (AvgIpc) is 3.35. The van der Waals surface area contributed by atoms with Gasteiger partial charge in [-0.1, -0.05) is 59.6 Å². The predicted molar refractivity (Wildman–Crippen MR) is 148 cm³/mol. The third-order valence-corrected chi connectivity index (χ3v) is 6.22. The van der Waals surface area contributed by atoms with Gasteiger partial charge < -0.3 is 15.0 Å². The SMILES string of the molecule is COCCN(CC(=O)Nc1cc(-c2ccccc2)nn1-c1ccc(C)cc1)C(=O)c1ccc([N+](=O)[O-])cc1Cl. The van der Waals surface area contributed by atoms with E-state index in [2.05, 4.69) is 5.32 Å². The molecule has 3 aromatic carbocycles. The van der Waals surface area contributed by atoms with Crippen LogP contribution in [0.3, 0.4) is 0 Å². The van der Waals surface area contributed by atoms with E-state index in [-0.39, 0.29) is 36.0 Å². The maximum absolute atomic E-state index is 13.3. The van der Waals surface area contributed by atoms with Crippen LogP contribution >= 0.6 is 11.6 Å². The number of carbonyl (C=O) groups excluding carboxylic acids is 2. The van der Waals surface area contributed by atoms with Gasteiger partial charge in [0.1, 0.15) is 12.4 Å². The molecule has 200 valence electrons. The summed E-state index contributed by atoms with van der Waals surface area (Å²) in [5.74, 6) is -0.598. The van der Waals surface area contributed by atoms with Crippen LogP contribution in [0.15, 0.2) is 78.9 Å². The van der Waals surface area contributed by atoms with Crippen LogP contribution in [-0.4, -0.2) is 58.2 Å². The first-order valence-electron chi connectivity index (χ1n) is 12.0. The van der Waals surface area contributed by atoms with E-state index in [1.54, 1.807) is 10.7 Å². The minimum atomic E-state index is -0.600. The van der Waals surface area contributed by atoms with Crippen LogP contribution in [0.2, 0.25) is 5.02 Å². The molecule has 0 radical (unpaired) electrons. The van der Waals surface area contributed by atoms with Gasteiger partial charge in [-0.3, -0.25) is 19.7 Å². The minimum Gasteiger partial charge on any atom is -0.383 e. The van der Waals surface area contributed by atoms with Crippen LogP contribution in [0.4, 0.5) is 11.5 Å². The topological polar surface area (TPSA) is 120 Å².